The zero-order valence-electron chi connectivity index (χ0n) is 17.2. The zero-order chi connectivity index (χ0) is 19.0. The monoisotopic (exact) mass is 436 g/mol. The first-order chi connectivity index (χ1) is 13.1. The SMILES string of the molecule is CCC1CCCCC(C)CC2=C[C@H]3C4CCCC4C(=O)C(Br)[C@H]3C2CCO1. The third-order valence-corrected chi connectivity index (χ3v) is 9.19. The maximum atomic E-state index is 13.1. The minimum Gasteiger partial charge on any atom is -0.378 e. The Bertz CT molecular complexity index is 571. The van der Waals surface area contributed by atoms with Crippen LogP contribution in [0, 0.1) is 35.5 Å². The van der Waals surface area contributed by atoms with Crippen molar-refractivity contribution in [1.82, 2.24) is 0 Å². The zero-order valence-corrected chi connectivity index (χ0v) is 18.8. The third kappa shape index (κ3) is 3.97. The Morgan fingerprint density at radius 1 is 1.07 bits per heavy atom. The number of ether oxygens (including phenoxy) is 1. The van der Waals surface area contributed by atoms with Gasteiger partial charge in [0.25, 0.3) is 0 Å². The van der Waals surface area contributed by atoms with E-state index in [0.29, 0.717) is 41.5 Å². The van der Waals surface area contributed by atoms with Crippen LogP contribution in [0.3, 0.4) is 0 Å². The average molecular weight is 437 g/mol. The van der Waals surface area contributed by atoms with Crippen molar-refractivity contribution in [2.24, 2.45) is 35.5 Å². The lowest BCUT2D eigenvalue weighted by Crippen LogP contribution is -2.46. The van der Waals surface area contributed by atoms with E-state index in [4.69, 9.17) is 4.74 Å². The van der Waals surface area contributed by atoms with Gasteiger partial charge in [0.2, 0.25) is 0 Å². The molecule has 3 fully saturated rings. The Morgan fingerprint density at radius 2 is 1.89 bits per heavy atom. The highest BCUT2D eigenvalue weighted by Crippen LogP contribution is 2.56. The van der Waals surface area contributed by atoms with Crippen molar-refractivity contribution in [3.05, 3.63) is 11.6 Å². The van der Waals surface area contributed by atoms with Crippen molar-refractivity contribution in [2.45, 2.75) is 89.0 Å². The van der Waals surface area contributed by atoms with Crippen molar-refractivity contribution in [2.75, 3.05) is 6.61 Å². The van der Waals surface area contributed by atoms with Crippen LogP contribution in [0.15, 0.2) is 11.6 Å². The first-order valence-electron chi connectivity index (χ1n) is 11.6. The minimum atomic E-state index is 0.0609. The van der Waals surface area contributed by atoms with E-state index >= 15 is 0 Å². The summed E-state index contributed by atoms with van der Waals surface area (Å²) in [6, 6.07) is 0. The lowest BCUT2D eigenvalue weighted by Gasteiger charge is -2.41. The van der Waals surface area contributed by atoms with E-state index in [2.05, 4.69) is 35.9 Å². The Labute approximate surface area is 174 Å². The highest BCUT2D eigenvalue weighted by atomic mass is 79.9. The van der Waals surface area contributed by atoms with E-state index in [0.717, 1.165) is 31.8 Å². The summed E-state index contributed by atoms with van der Waals surface area (Å²) in [4.78, 5) is 13.1. The van der Waals surface area contributed by atoms with Crippen molar-refractivity contribution in [1.29, 1.82) is 0 Å². The molecule has 2 nitrogen and oxygen atoms in total. The van der Waals surface area contributed by atoms with Crippen LogP contribution >= 0.6 is 15.9 Å². The van der Waals surface area contributed by atoms with Crippen molar-refractivity contribution in [3.63, 3.8) is 0 Å². The molecule has 1 aliphatic heterocycles. The fraction of sp³-hybridized carbons (Fsp3) is 0.875. The summed E-state index contributed by atoms with van der Waals surface area (Å²) in [7, 11) is 0. The first-order valence-corrected chi connectivity index (χ1v) is 12.5. The number of fused-ring (bicyclic) bond motifs is 5. The molecule has 0 amide bonds. The predicted octanol–water partition coefficient (Wildman–Crippen LogP) is 6.32. The smallest absolute Gasteiger partial charge is 0.150 e. The van der Waals surface area contributed by atoms with Gasteiger partial charge in [-0.1, -0.05) is 67.1 Å². The average Bonchev–Trinajstić information content (AvgIpc) is 3.26. The number of ketones is 1. The van der Waals surface area contributed by atoms with Gasteiger partial charge in [0.05, 0.1) is 10.9 Å². The molecule has 0 spiro atoms. The van der Waals surface area contributed by atoms with Crippen LogP contribution in [0.1, 0.15) is 78.1 Å². The quantitative estimate of drug-likeness (QED) is 0.354. The van der Waals surface area contributed by atoms with Crippen LogP contribution in [0.25, 0.3) is 0 Å². The summed E-state index contributed by atoms with van der Waals surface area (Å²) in [6.45, 7) is 5.55. The number of carbonyl (C=O) groups excluding carboxylic acids is 1. The summed E-state index contributed by atoms with van der Waals surface area (Å²) < 4.78 is 6.30. The fourth-order valence-corrected chi connectivity index (χ4v) is 7.80. The van der Waals surface area contributed by atoms with Gasteiger partial charge in [-0.05, 0) is 68.1 Å². The molecule has 27 heavy (non-hydrogen) atoms. The summed E-state index contributed by atoms with van der Waals surface area (Å²) in [5.74, 6) is 3.87. The molecule has 1 saturated heterocycles. The molecule has 2 saturated carbocycles. The van der Waals surface area contributed by atoms with Gasteiger partial charge in [-0.25, -0.2) is 0 Å². The molecule has 0 aromatic rings. The van der Waals surface area contributed by atoms with E-state index in [1.165, 1.54) is 44.9 Å². The van der Waals surface area contributed by atoms with Crippen LogP contribution in [-0.2, 0) is 9.53 Å². The Kier molecular flexibility index (Phi) is 6.48. The molecule has 4 aliphatic rings. The summed E-state index contributed by atoms with van der Waals surface area (Å²) >= 11 is 3.88. The van der Waals surface area contributed by atoms with Crippen LogP contribution in [0.4, 0.5) is 0 Å². The Hall–Kier alpha value is -0.150. The van der Waals surface area contributed by atoms with E-state index in [1.54, 1.807) is 5.57 Å². The number of Topliss-reactive ketones (excluding diaryl/α,β-unsaturated/α-hetero) is 1. The van der Waals surface area contributed by atoms with Gasteiger partial charge in [0.1, 0.15) is 5.78 Å². The molecule has 152 valence electrons. The third-order valence-electron chi connectivity index (χ3n) is 8.13. The number of rotatable bonds is 1. The molecule has 4 rings (SSSR count). The molecule has 8 atom stereocenters. The minimum absolute atomic E-state index is 0.0609. The standard InChI is InChI=1S/C24H37BrO2/c1-3-17-8-5-4-7-15(2)13-16-14-21-19-9-6-10-20(19)24(26)23(25)22(21)18(16)11-12-27-17/h14-15,17-23H,3-13H2,1-2H3/t15?,17?,18?,19?,20?,21-,22-,23?/m0/s1. The highest BCUT2D eigenvalue weighted by molar-refractivity contribution is 9.10. The maximum absolute atomic E-state index is 13.1. The summed E-state index contributed by atoms with van der Waals surface area (Å²) in [6.07, 6.45) is 15.4. The molecule has 3 heteroatoms. The number of halogens is 1. The molecule has 0 bridgehead atoms. The van der Waals surface area contributed by atoms with E-state index in [-0.39, 0.29) is 4.83 Å². The molecule has 0 aromatic carbocycles. The highest BCUT2D eigenvalue weighted by Gasteiger charge is 2.54. The molecule has 1 heterocycles. The second kappa shape index (κ2) is 8.69. The Morgan fingerprint density at radius 3 is 2.70 bits per heavy atom. The van der Waals surface area contributed by atoms with Gasteiger partial charge >= 0.3 is 0 Å². The molecule has 0 N–H and O–H groups in total. The molecular weight excluding hydrogens is 400 g/mol. The van der Waals surface area contributed by atoms with Gasteiger partial charge in [0.15, 0.2) is 0 Å². The summed E-state index contributed by atoms with van der Waals surface area (Å²) in [5, 5.41) is 0. The van der Waals surface area contributed by atoms with Gasteiger partial charge in [-0.3, -0.25) is 4.79 Å². The van der Waals surface area contributed by atoms with Gasteiger partial charge in [0, 0.05) is 12.5 Å². The van der Waals surface area contributed by atoms with Crippen LogP contribution in [-0.4, -0.2) is 23.3 Å². The summed E-state index contributed by atoms with van der Waals surface area (Å²) in [5.41, 5.74) is 1.67. The van der Waals surface area contributed by atoms with E-state index in [9.17, 15) is 4.79 Å². The van der Waals surface area contributed by atoms with E-state index < -0.39 is 0 Å². The Balaban J connectivity index is 1.57. The number of carbonyl (C=O) groups is 1. The molecule has 0 aromatic heterocycles. The molecule has 3 aliphatic carbocycles. The number of alkyl halides is 1. The second-order valence-electron chi connectivity index (χ2n) is 9.79. The normalized spacial score (nSPS) is 45.9. The number of allylic oxidation sites excluding steroid dienone is 2. The second-order valence-corrected chi connectivity index (χ2v) is 10.8. The van der Waals surface area contributed by atoms with Crippen LogP contribution in [0.5, 0.6) is 0 Å². The topological polar surface area (TPSA) is 26.3 Å². The van der Waals surface area contributed by atoms with Crippen molar-refractivity contribution in [3.8, 4) is 0 Å². The first kappa shape index (κ1) is 20.1. The number of hydrogen-bond donors (Lipinski definition) is 0. The van der Waals surface area contributed by atoms with Crippen LogP contribution < -0.4 is 0 Å². The molecule has 0 radical (unpaired) electrons. The van der Waals surface area contributed by atoms with Gasteiger partial charge < -0.3 is 4.74 Å². The van der Waals surface area contributed by atoms with E-state index in [1.807, 2.05) is 0 Å². The predicted molar refractivity (Wildman–Crippen MR) is 114 cm³/mol. The maximum Gasteiger partial charge on any atom is 0.150 e. The molecular formula is C24H37BrO2. The fourth-order valence-electron chi connectivity index (χ4n) is 6.74. The largest absolute Gasteiger partial charge is 0.378 e. The number of hydrogen-bond acceptors (Lipinski definition) is 2. The van der Waals surface area contributed by atoms with Gasteiger partial charge in [-0.15, -0.1) is 0 Å². The lowest BCUT2D eigenvalue weighted by molar-refractivity contribution is -0.128. The van der Waals surface area contributed by atoms with Gasteiger partial charge in [-0.2, -0.15) is 0 Å². The van der Waals surface area contributed by atoms with Crippen molar-refractivity contribution < 1.29 is 9.53 Å². The van der Waals surface area contributed by atoms with Crippen molar-refractivity contribution >= 4 is 21.7 Å². The lowest BCUT2D eigenvalue weighted by atomic mass is 9.65. The molecule has 6 unspecified atom stereocenters. The van der Waals surface area contributed by atoms with Crippen LogP contribution in [0.2, 0.25) is 0 Å².